The van der Waals surface area contributed by atoms with Gasteiger partial charge in [-0.3, -0.25) is 0 Å². The standard InChI is InChI=1S/C11H15NO/c1-5-8-12(4)11(2,3)10-7-6-9-13-10/h6-7,9H,1-4H3. The third kappa shape index (κ3) is 1.86. The molecule has 0 amide bonds. The maximum atomic E-state index is 5.36. The summed E-state index contributed by atoms with van der Waals surface area (Å²) < 4.78 is 5.36. The van der Waals surface area contributed by atoms with Gasteiger partial charge in [0.1, 0.15) is 5.76 Å². The Morgan fingerprint density at radius 3 is 2.62 bits per heavy atom. The first-order chi connectivity index (χ1) is 6.09. The Balaban J connectivity index is 2.92. The zero-order valence-electron chi connectivity index (χ0n) is 8.59. The predicted molar refractivity (Wildman–Crippen MR) is 52.9 cm³/mol. The van der Waals surface area contributed by atoms with E-state index in [0.29, 0.717) is 0 Å². The summed E-state index contributed by atoms with van der Waals surface area (Å²) in [4.78, 5) is 1.95. The van der Waals surface area contributed by atoms with Gasteiger partial charge >= 0.3 is 0 Å². The second-order valence-electron chi connectivity index (χ2n) is 3.46. The van der Waals surface area contributed by atoms with Gasteiger partial charge < -0.3 is 9.32 Å². The van der Waals surface area contributed by atoms with Crippen LogP contribution >= 0.6 is 0 Å². The predicted octanol–water partition coefficient (Wildman–Crippen LogP) is 2.43. The Labute approximate surface area is 79.5 Å². The third-order valence-corrected chi connectivity index (χ3v) is 2.24. The molecular formula is C11H15NO. The van der Waals surface area contributed by atoms with Crippen LogP contribution in [0.2, 0.25) is 0 Å². The molecular weight excluding hydrogens is 162 g/mol. The Morgan fingerprint density at radius 1 is 1.46 bits per heavy atom. The third-order valence-electron chi connectivity index (χ3n) is 2.24. The van der Waals surface area contributed by atoms with Crippen molar-refractivity contribution in [2.45, 2.75) is 26.3 Å². The fraction of sp³-hybridized carbons (Fsp3) is 0.455. The highest BCUT2D eigenvalue weighted by atomic mass is 16.3. The molecule has 2 heteroatoms. The van der Waals surface area contributed by atoms with E-state index < -0.39 is 0 Å². The molecule has 70 valence electrons. The van der Waals surface area contributed by atoms with Crippen LogP contribution in [0.3, 0.4) is 0 Å². The van der Waals surface area contributed by atoms with Gasteiger partial charge in [-0.25, -0.2) is 0 Å². The summed E-state index contributed by atoms with van der Waals surface area (Å²) in [7, 11) is 1.96. The minimum atomic E-state index is -0.174. The molecule has 0 fully saturated rings. The number of hydrogen-bond acceptors (Lipinski definition) is 2. The van der Waals surface area contributed by atoms with Gasteiger partial charge in [0.15, 0.2) is 0 Å². The average molecular weight is 177 g/mol. The van der Waals surface area contributed by atoms with Crippen LogP contribution in [0.15, 0.2) is 22.8 Å². The Morgan fingerprint density at radius 2 is 2.15 bits per heavy atom. The Kier molecular flexibility index (Phi) is 2.67. The monoisotopic (exact) mass is 177 g/mol. The van der Waals surface area contributed by atoms with Gasteiger partial charge in [0.2, 0.25) is 0 Å². The van der Waals surface area contributed by atoms with Crippen molar-refractivity contribution in [1.82, 2.24) is 4.90 Å². The quantitative estimate of drug-likeness (QED) is 0.509. The molecule has 0 aromatic carbocycles. The zero-order valence-corrected chi connectivity index (χ0v) is 8.59. The minimum Gasteiger partial charge on any atom is -0.467 e. The maximum absolute atomic E-state index is 5.36. The normalized spacial score (nSPS) is 10.5. The van der Waals surface area contributed by atoms with Crippen LogP contribution in [-0.4, -0.2) is 11.9 Å². The smallest absolute Gasteiger partial charge is 0.129 e. The van der Waals surface area contributed by atoms with Crippen LogP contribution in [-0.2, 0) is 5.54 Å². The van der Waals surface area contributed by atoms with E-state index in [2.05, 4.69) is 25.8 Å². The molecule has 0 aliphatic carbocycles. The molecule has 0 N–H and O–H groups in total. The van der Waals surface area contributed by atoms with E-state index in [1.54, 1.807) is 6.26 Å². The lowest BCUT2D eigenvalue weighted by Gasteiger charge is -2.30. The first kappa shape index (κ1) is 9.73. The van der Waals surface area contributed by atoms with Gasteiger partial charge in [0.25, 0.3) is 0 Å². The number of hydrogen-bond donors (Lipinski definition) is 0. The van der Waals surface area contributed by atoms with Gasteiger partial charge in [-0.2, -0.15) is 0 Å². The van der Waals surface area contributed by atoms with E-state index in [9.17, 15) is 0 Å². The largest absolute Gasteiger partial charge is 0.467 e. The van der Waals surface area contributed by atoms with Gasteiger partial charge in [0, 0.05) is 13.1 Å². The second kappa shape index (κ2) is 3.57. The van der Waals surface area contributed by atoms with Crippen LogP contribution in [0.4, 0.5) is 0 Å². The second-order valence-corrected chi connectivity index (χ2v) is 3.46. The Bertz CT molecular complexity index is 314. The van der Waals surface area contributed by atoms with Gasteiger partial charge in [-0.05, 0) is 32.9 Å². The van der Waals surface area contributed by atoms with E-state index in [-0.39, 0.29) is 5.54 Å². The minimum absolute atomic E-state index is 0.174. The van der Waals surface area contributed by atoms with Crippen LogP contribution in [0.1, 0.15) is 26.5 Å². The van der Waals surface area contributed by atoms with E-state index in [4.69, 9.17) is 4.42 Å². The Hall–Kier alpha value is -1.36. The highest BCUT2D eigenvalue weighted by Gasteiger charge is 2.26. The molecule has 1 aromatic heterocycles. The molecule has 0 spiro atoms. The van der Waals surface area contributed by atoms with Gasteiger partial charge in [-0.1, -0.05) is 5.92 Å². The van der Waals surface area contributed by atoms with Crippen molar-refractivity contribution in [2.75, 3.05) is 7.05 Å². The highest BCUT2D eigenvalue weighted by molar-refractivity contribution is 5.13. The highest BCUT2D eigenvalue weighted by Crippen LogP contribution is 2.25. The van der Waals surface area contributed by atoms with Crippen LogP contribution < -0.4 is 0 Å². The molecule has 13 heavy (non-hydrogen) atoms. The number of nitrogens with zero attached hydrogens (tertiary/aromatic N) is 1. The topological polar surface area (TPSA) is 16.4 Å². The van der Waals surface area contributed by atoms with E-state index in [1.807, 2.05) is 31.0 Å². The average Bonchev–Trinajstić information content (AvgIpc) is 2.56. The maximum Gasteiger partial charge on any atom is 0.129 e. The van der Waals surface area contributed by atoms with Crippen molar-refractivity contribution in [2.24, 2.45) is 0 Å². The van der Waals surface area contributed by atoms with E-state index in [0.717, 1.165) is 5.76 Å². The van der Waals surface area contributed by atoms with Crippen molar-refractivity contribution < 1.29 is 4.42 Å². The van der Waals surface area contributed by atoms with Crippen LogP contribution in [0, 0.1) is 12.0 Å². The SMILES string of the molecule is CC#CN(C)C(C)(C)c1ccco1. The molecule has 2 nitrogen and oxygen atoms in total. The lowest BCUT2D eigenvalue weighted by molar-refractivity contribution is 0.201. The van der Waals surface area contributed by atoms with E-state index in [1.165, 1.54) is 0 Å². The molecule has 0 saturated carbocycles. The summed E-state index contributed by atoms with van der Waals surface area (Å²) in [6.45, 7) is 5.99. The lowest BCUT2D eigenvalue weighted by Crippen LogP contribution is -2.34. The summed E-state index contributed by atoms with van der Waals surface area (Å²) in [5.41, 5.74) is -0.174. The summed E-state index contributed by atoms with van der Waals surface area (Å²) >= 11 is 0. The molecule has 1 rings (SSSR count). The molecule has 0 aliphatic rings. The zero-order chi connectivity index (χ0) is 9.90. The number of furan rings is 1. The molecule has 0 saturated heterocycles. The molecule has 1 aromatic rings. The lowest BCUT2D eigenvalue weighted by atomic mass is 10.0. The molecule has 1 heterocycles. The molecule has 0 atom stereocenters. The van der Waals surface area contributed by atoms with Gasteiger partial charge in [-0.15, -0.1) is 0 Å². The van der Waals surface area contributed by atoms with Crippen molar-refractivity contribution in [3.63, 3.8) is 0 Å². The summed E-state index contributed by atoms with van der Waals surface area (Å²) in [6.07, 6.45) is 1.68. The first-order valence-electron chi connectivity index (χ1n) is 4.29. The summed E-state index contributed by atoms with van der Waals surface area (Å²) in [6, 6.07) is 6.86. The van der Waals surface area contributed by atoms with Crippen LogP contribution in [0.5, 0.6) is 0 Å². The summed E-state index contributed by atoms with van der Waals surface area (Å²) in [5.74, 6) is 3.80. The molecule has 0 bridgehead atoms. The molecule has 0 radical (unpaired) electrons. The molecule has 0 unspecified atom stereocenters. The van der Waals surface area contributed by atoms with Crippen LogP contribution in [0.25, 0.3) is 0 Å². The first-order valence-corrected chi connectivity index (χ1v) is 4.29. The summed E-state index contributed by atoms with van der Waals surface area (Å²) in [5, 5.41) is 0. The van der Waals surface area contributed by atoms with Crippen molar-refractivity contribution in [1.29, 1.82) is 0 Å². The van der Waals surface area contributed by atoms with Crippen molar-refractivity contribution in [3.8, 4) is 12.0 Å². The van der Waals surface area contributed by atoms with Crippen molar-refractivity contribution in [3.05, 3.63) is 24.2 Å². The van der Waals surface area contributed by atoms with Crippen molar-refractivity contribution >= 4 is 0 Å². The fourth-order valence-electron chi connectivity index (χ4n) is 1.10. The fourth-order valence-corrected chi connectivity index (χ4v) is 1.10. The number of rotatable bonds is 2. The van der Waals surface area contributed by atoms with Gasteiger partial charge in [0.05, 0.1) is 11.8 Å². The molecule has 0 aliphatic heterocycles. The van der Waals surface area contributed by atoms with E-state index >= 15 is 0 Å².